The number of carbonyl (C=O) groups is 1. The van der Waals surface area contributed by atoms with Crippen molar-refractivity contribution in [1.29, 1.82) is 0 Å². The lowest BCUT2D eigenvalue weighted by Crippen LogP contribution is -2.53. The summed E-state index contributed by atoms with van der Waals surface area (Å²) < 4.78 is 40.3. The molecule has 4 saturated carbocycles. The quantitative estimate of drug-likeness (QED) is 0.519. The van der Waals surface area contributed by atoms with Gasteiger partial charge >= 0.3 is 0 Å². The Hall–Kier alpha value is -0.330. The summed E-state index contributed by atoms with van der Waals surface area (Å²) in [6, 6.07) is 0. The minimum Gasteiger partial charge on any atom is -0.303 e. The Kier molecular flexibility index (Phi) is 3.46. The smallest absolute Gasteiger partial charge is 0.120 e. The highest BCUT2D eigenvalue weighted by Gasteiger charge is 2.59. The molecule has 4 rings (SSSR count). The van der Waals surface area contributed by atoms with Crippen LogP contribution in [0.5, 0.6) is 0 Å². The van der Waals surface area contributed by atoms with E-state index in [-0.39, 0.29) is 11.3 Å². The fourth-order valence-electron chi connectivity index (χ4n) is 8.40. The van der Waals surface area contributed by atoms with Gasteiger partial charge in [-0.2, -0.15) is 0 Å². The van der Waals surface area contributed by atoms with Crippen molar-refractivity contribution in [3.05, 3.63) is 0 Å². The maximum atomic E-state index is 11.6. The third-order valence-electron chi connectivity index (χ3n) is 9.61. The molecule has 0 aliphatic heterocycles. The molecule has 0 heterocycles. The Labute approximate surface area is 162 Å². The molecule has 0 aromatic heterocycles. The summed E-state index contributed by atoms with van der Waals surface area (Å²) in [6.45, 7) is 6.70. The predicted molar refractivity (Wildman–Crippen MR) is 104 cm³/mol. The predicted octanol–water partition coefficient (Wildman–Crippen LogP) is 6.65. The molecule has 4 fully saturated rings. The van der Waals surface area contributed by atoms with Crippen LogP contribution in [0.2, 0.25) is 0 Å². The zero-order valence-corrected chi connectivity index (χ0v) is 16.4. The second-order valence-electron chi connectivity index (χ2n) is 10.3. The average Bonchev–Trinajstić information content (AvgIpc) is 3.03. The Morgan fingerprint density at radius 1 is 1.04 bits per heavy atom. The molecule has 1 unspecified atom stereocenters. The monoisotopic (exact) mass is 349 g/mol. The van der Waals surface area contributed by atoms with E-state index < -0.39 is 24.9 Å². The maximum absolute atomic E-state index is 11.6. The van der Waals surface area contributed by atoms with Crippen LogP contribution in [0.3, 0.4) is 0 Å². The standard InChI is InChI=1S/C24H40O/c1-17(7-6-16-25)20-11-12-21-19-10-9-18-8-4-5-14-23(18,2)22(19)13-15-24(20,21)3/h16-22H,4-15H2,1-3H3/t17-,18?,19+,20-,21+,22+,23+,24-/m1/s1/i6D2,7D2,16D. The van der Waals surface area contributed by atoms with Crippen molar-refractivity contribution in [1.82, 2.24) is 0 Å². The summed E-state index contributed by atoms with van der Waals surface area (Å²) in [5, 5.41) is 0. The van der Waals surface area contributed by atoms with E-state index in [1.807, 2.05) is 0 Å². The molecule has 1 nitrogen and oxygen atoms in total. The zero-order valence-electron chi connectivity index (χ0n) is 21.4. The molecule has 25 heavy (non-hydrogen) atoms. The van der Waals surface area contributed by atoms with Crippen molar-refractivity contribution in [3.8, 4) is 0 Å². The summed E-state index contributed by atoms with van der Waals surface area (Å²) >= 11 is 0. The lowest BCUT2D eigenvalue weighted by molar-refractivity contribution is -0.115. The molecule has 0 spiro atoms. The second-order valence-corrected chi connectivity index (χ2v) is 10.3. The van der Waals surface area contributed by atoms with Gasteiger partial charge in [-0.15, -0.1) is 0 Å². The first-order chi connectivity index (χ1) is 13.9. The molecule has 0 radical (unpaired) electrons. The van der Waals surface area contributed by atoms with Gasteiger partial charge in [0.2, 0.25) is 0 Å². The van der Waals surface area contributed by atoms with Crippen molar-refractivity contribution in [2.75, 3.05) is 0 Å². The first-order valence-corrected chi connectivity index (χ1v) is 10.9. The molecule has 0 amide bonds. The van der Waals surface area contributed by atoms with Gasteiger partial charge in [0.25, 0.3) is 0 Å². The van der Waals surface area contributed by atoms with E-state index in [4.69, 9.17) is 6.85 Å². The van der Waals surface area contributed by atoms with E-state index in [1.165, 1.54) is 44.9 Å². The van der Waals surface area contributed by atoms with Crippen molar-refractivity contribution in [3.63, 3.8) is 0 Å². The molecular weight excluding hydrogens is 304 g/mol. The lowest BCUT2D eigenvalue weighted by atomic mass is 9.44. The Balaban J connectivity index is 1.59. The lowest BCUT2D eigenvalue weighted by Gasteiger charge is -2.61. The first-order valence-electron chi connectivity index (χ1n) is 13.4. The fraction of sp³-hybridized carbons (Fsp3) is 0.958. The Bertz CT molecular complexity index is 693. The highest BCUT2D eigenvalue weighted by molar-refractivity contribution is 5.49. The van der Waals surface area contributed by atoms with Crippen molar-refractivity contribution in [2.45, 2.75) is 97.7 Å². The van der Waals surface area contributed by atoms with E-state index in [2.05, 4.69) is 13.8 Å². The van der Waals surface area contributed by atoms with Crippen LogP contribution in [0.1, 0.15) is 105 Å². The van der Waals surface area contributed by atoms with Gasteiger partial charge in [-0.05, 0) is 104 Å². The molecule has 8 atom stereocenters. The highest BCUT2D eigenvalue weighted by atomic mass is 16.1. The molecule has 0 aromatic rings. The van der Waals surface area contributed by atoms with Crippen LogP contribution in [-0.4, -0.2) is 6.26 Å². The Morgan fingerprint density at radius 3 is 2.64 bits per heavy atom. The second kappa shape index (κ2) is 6.68. The van der Waals surface area contributed by atoms with Crippen LogP contribution < -0.4 is 0 Å². The summed E-state index contributed by atoms with van der Waals surface area (Å²) in [6.07, 6.45) is 6.04. The molecule has 0 N–H and O–H groups in total. The highest BCUT2D eigenvalue weighted by Crippen LogP contribution is 2.68. The van der Waals surface area contributed by atoms with Gasteiger partial charge in [-0.1, -0.05) is 33.6 Å². The first kappa shape index (κ1) is 12.9. The van der Waals surface area contributed by atoms with Gasteiger partial charge < -0.3 is 4.79 Å². The van der Waals surface area contributed by atoms with E-state index in [0.717, 1.165) is 37.0 Å². The van der Waals surface area contributed by atoms with Crippen LogP contribution in [-0.2, 0) is 4.79 Å². The van der Waals surface area contributed by atoms with Gasteiger partial charge in [0.05, 0.1) is 0 Å². The third-order valence-corrected chi connectivity index (χ3v) is 9.61. The largest absolute Gasteiger partial charge is 0.303 e. The maximum Gasteiger partial charge on any atom is 0.120 e. The molecule has 0 aromatic carbocycles. The van der Waals surface area contributed by atoms with Crippen LogP contribution in [0.15, 0.2) is 0 Å². The van der Waals surface area contributed by atoms with E-state index in [1.54, 1.807) is 6.92 Å². The topological polar surface area (TPSA) is 17.1 Å². The third kappa shape index (κ3) is 2.74. The minimum absolute atomic E-state index is 0.0208. The fourth-order valence-corrected chi connectivity index (χ4v) is 8.40. The molecule has 0 saturated heterocycles. The summed E-state index contributed by atoms with van der Waals surface area (Å²) in [5.74, 6) is 2.50. The molecule has 4 aliphatic rings. The average molecular weight is 350 g/mol. The van der Waals surface area contributed by atoms with Crippen LogP contribution in [0.4, 0.5) is 0 Å². The zero-order chi connectivity index (χ0) is 22.1. The van der Waals surface area contributed by atoms with Gasteiger partial charge in [0, 0.05) is 11.9 Å². The number of fused-ring (bicyclic) bond motifs is 5. The Morgan fingerprint density at radius 2 is 1.84 bits per heavy atom. The summed E-state index contributed by atoms with van der Waals surface area (Å²) in [5.41, 5.74) is 0.503. The molecule has 142 valence electrons. The summed E-state index contributed by atoms with van der Waals surface area (Å²) in [7, 11) is 0. The normalized spacial score (nSPS) is 54.5. The molecule has 0 bridgehead atoms. The van der Waals surface area contributed by atoms with Gasteiger partial charge in [-0.3, -0.25) is 0 Å². The molecule has 1 heteroatoms. The van der Waals surface area contributed by atoms with Gasteiger partial charge in [-0.25, -0.2) is 0 Å². The van der Waals surface area contributed by atoms with E-state index >= 15 is 0 Å². The van der Waals surface area contributed by atoms with Gasteiger partial charge in [0.1, 0.15) is 7.63 Å². The van der Waals surface area contributed by atoms with Crippen LogP contribution >= 0.6 is 0 Å². The van der Waals surface area contributed by atoms with Crippen LogP contribution in [0, 0.1) is 46.3 Å². The summed E-state index contributed by atoms with van der Waals surface area (Å²) in [4.78, 5) is 11.6. The number of aldehydes is 1. The van der Waals surface area contributed by atoms with E-state index in [0.29, 0.717) is 11.3 Å². The number of hydrogen-bond donors (Lipinski definition) is 0. The van der Waals surface area contributed by atoms with Gasteiger partial charge in [0.15, 0.2) is 0 Å². The van der Waals surface area contributed by atoms with E-state index in [9.17, 15) is 4.79 Å². The number of rotatable bonds is 4. The number of carbonyl (C=O) groups excluding carboxylic acids is 1. The van der Waals surface area contributed by atoms with Crippen molar-refractivity contribution in [2.24, 2.45) is 46.3 Å². The van der Waals surface area contributed by atoms with Crippen molar-refractivity contribution < 1.29 is 11.6 Å². The minimum atomic E-state index is -2.76. The van der Waals surface area contributed by atoms with Crippen LogP contribution in [0.25, 0.3) is 0 Å². The SMILES string of the molecule is [2H]C(=O)C([2H])([2H])C([2H])([2H])[C@@H](C)[C@H]1CC[C@H]2[C@@H]3CCC4CCCC[C@]4(C)[C@H]3CC[C@]12C. The molecule has 4 aliphatic carbocycles. The molecular formula is C24H40O. The van der Waals surface area contributed by atoms with Crippen molar-refractivity contribution >= 4 is 6.26 Å². The number of hydrogen-bond acceptors (Lipinski definition) is 1.